The predicted octanol–water partition coefficient (Wildman–Crippen LogP) is 0.0513. The summed E-state index contributed by atoms with van der Waals surface area (Å²) in [5, 5.41) is 0. The number of benzene rings is 1. The van der Waals surface area contributed by atoms with Gasteiger partial charge in [-0.05, 0) is 26.2 Å². The molecule has 0 atom stereocenters. The molecular weight excluding hydrogens is 266 g/mol. The van der Waals surface area contributed by atoms with Gasteiger partial charge in [0.25, 0.3) is 5.91 Å². The summed E-state index contributed by atoms with van der Waals surface area (Å²) in [5.41, 5.74) is 13.4. The van der Waals surface area contributed by atoms with Crippen molar-refractivity contribution in [2.75, 3.05) is 64.0 Å². The lowest BCUT2D eigenvalue weighted by Gasteiger charge is -2.37. The molecule has 1 aliphatic rings. The van der Waals surface area contributed by atoms with Crippen molar-refractivity contribution in [3.05, 3.63) is 23.8 Å². The average Bonchev–Trinajstić information content (AvgIpc) is 2.45. The van der Waals surface area contributed by atoms with Crippen LogP contribution in [0.2, 0.25) is 0 Å². The van der Waals surface area contributed by atoms with Crippen molar-refractivity contribution in [1.29, 1.82) is 0 Å². The number of carbonyl (C=O) groups is 1. The molecule has 1 aliphatic heterocycles. The van der Waals surface area contributed by atoms with Gasteiger partial charge in [0.2, 0.25) is 0 Å². The highest BCUT2D eigenvalue weighted by atomic mass is 16.1. The summed E-state index contributed by atoms with van der Waals surface area (Å²) in [6, 6.07) is 5.33. The molecule has 6 nitrogen and oxygen atoms in total. The molecule has 0 spiro atoms. The van der Waals surface area contributed by atoms with Crippen LogP contribution in [0.5, 0.6) is 0 Å². The van der Waals surface area contributed by atoms with Crippen molar-refractivity contribution < 1.29 is 4.79 Å². The normalized spacial score (nSPS) is 16.4. The minimum Gasteiger partial charge on any atom is -0.397 e. The highest BCUT2D eigenvalue weighted by molar-refractivity contribution is 6.01. The molecule has 6 heteroatoms. The number of nitrogens with two attached hydrogens (primary N) is 2. The molecule has 116 valence electrons. The van der Waals surface area contributed by atoms with Crippen molar-refractivity contribution in [3.63, 3.8) is 0 Å². The number of anilines is 2. The van der Waals surface area contributed by atoms with Gasteiger partial charge in [0.05, 0.1) is 16.9 Å². The van der Waals surface area contributed by atoms with Gasteiger partial charge in [0.1, 0.15) is 0 Å². The van der Waals surface area contributed by atoms with E-state index in [4.69, 9.17) is 11.5 Å². The Balaban J connectivity index is 2.04. The van der Waals surface area contributed by atoms with Crippen molar-refractivity contribution >= 4 is 17.3 Å². The third-order valence-electron chi connectivity index (χ3n) is 3.88. The summed E-state index contributed by atoms with van der Waals surface area (Å²) in [6.45, 7) is 5.79. The minimum atomic E-state index is -0.424. The first kappa shape index (κ1) is 15.6. The molecule has 1 amide bonds. The lowest BCUT2D eigenvalue weighted by atomic mass is 10.1. The van der Waals surface area contributed by atoms with Crippen LogP contribution >= 0.6 is 0 Å². The molecule has 1 saturated heterocycles. The summed E-state index contributed by atoms with van der Waals surface area (Å²) in [4.78, 5) is 18.4. The maximum absolute atomic E-state index is 11.6. The van der Waals surface area contributed by atoms with Gasteiger partial charge in [0.15, 0.2) is 0 Å². The van der Waals surface area contributed by atoms with Crippen LogP contribution in [0.1, 0.15) is 10.4 Å². The van der Waals surface area contributed by atoms with Crippen LogP contribution in [0.25, 0.3) is 0 Å². The zero-order valence-corrected chi connectivity index (χ0v) is 12.9. The number of primary amides is 1. The van der Waals surface area contributed by atoms with Gasteiger partial charge >= 0.3 is 0 Å². The number of amides is 1. The topological polar surface area (TPSA) is 78.8 Å². The third-order valence-corrected chi connectivity index (χ3v) is 3.88. The number of para-hydroxylation sites is 1. The monoisotopic (exact) mass is 291 g/mol. The third kappa shape index (κ3) is 3.86. The lowest BCUT2D eigenvalue weighted by molar-refractivity contribution is 0.100. The fraction of sp³-hybridized carbons (Fsp3) is 0.533. The number of carbonyl (C=O) groups excluding carboxylic acids is 1. The number of nitrogen functional groups attached to an aromatic ring is 1. The molecule has 1 aromatic rings. The van der Waals surface area contributed by atoms with E-state index >= 15 is 0 Å². The largest absolute Gasteiger partial charge is 0.397 e. The molecule has 0 aromatic heterocycles. The molecule has 0 unspecified atom stereocenters. The van der Waals surface area contributed by atoms with E-state index in [2.05, 4.69) is 28.8 Å². The Morgan fingerprint density at radius 2 is 1.90 bits per heavy atom. The molecule has 4 N–H and O–H groups in total. The molecule has 0 aliphatic carbocycles. The minimum absolute atomic E-state index is 0.424. The number of likely N-dealkylation sites (N-methyl/N-ethyl adjacent to an activating group) is 1. The van der Waals surface area contributed by atoms with E-state index in [1.54, 1.807) is 12.1 Å². The summed E-state index contributed by atoms with van der Waals surface area (Å²) in [6.07, 6.45) is 0. The Labute approximate surface area is 126 Å². The highest BCUT2D eigenvalue weighted by Gasteiger charge is 2.22. The number of hydrogen-bond acceptors (Lipinski definition) is 5. The van der Waals surface area contributed by atoms with Gasteiger partial charge in [-0.2, -0.15) is 0 Å². The molecule has 0 bridgehead atoms. The fourth-order valence-corrected chi connectivity index (χ4v) is 2.65. The summed E-state index contributed by atoms with van der Waals surface area (Å²) in [5.74, 6) is -0.424. The quantitative estimate of drug-likeness (QED) is 0.750. The summed E-state index contributed by atoms with van der Waals surface area (Å²) < 4.78 is 0. The highest BCUT2D eigenvalue weighted by Crippen LogP contribution is 2.28. The number of hydrogen-bond donors (Lipinski definition) is 2. The molecule has 1 heterocycles. The van der Waals surface area contributed by atoms with Crippen LogP contribution in [-0.4, -0.2) is 69.1 Å². The first-order valence-corrected chi connectivity index (χ1v) is 7.29. The van der Waals surface area contributed by atoms with Gasteiger partial charge in [-0.3, -0.25) is 9.69 Å². The second kappa shape index (κ2) is 6.78. The second-order valence-corrected chi connectivity index (χ2v) is 5.74. The van der Waals surface area contributed by atoms with Crippen LogP contribution < -0.4 is 16.4 Å². The summed E-state index contributed by atoms with van der Waals surface area (Å²) in [7, 11) is 4.17. The molecule has 0 radical (unpaired) electrons. The Morgan fingerprint density at radius 3 is 2.48 bits per heavy atom. The van der Waals surface area contributed by atoms with E-state index in [1.807, 2.05) is 6.07 Å². The van der Waals surface area contributed by atoms with Gasteiger partial charge in [-0.25, -0.2) is 0 Å². The van der Waals surface area contributed by atoms with Crippen LogP contribution in [0, 0.1) is 0 Å². The number of rotatable bonds is 5. The van der Waals surface area contributed by atoms with E-state index in [-0.39, 0.29) is 0 Å². The second-order valence-electron chi connectivity index (χ2n) is 5.74. The molecule has 2 rings (SSSR count). The van der Waals surface area contributed by atoms with E-state index in [0.29, 0.717) is 11.3 Å². The van der Waals surface area contributed by atoms with Gasteiger partial charge in [-0.1, -0.05) is 6.07 Å². The Bertz CT molecular complexity index is 495. The molecule has 0 saturated carbocycles. The Hall–Kier alpha value is -1.79. The molecular formula is C15H25N5O. The SMILES string of the molecule is CN(C)CCN1CCN(c2c(N)cccc2C(N)=O)CC1. The lowest BCUT2D eigenvalue weighted by Crippen LogP contribution is -2.48. The Morgan fingerprint density at radius 1 is 1.24 bits per heavy atom. The molecule has 1 aromatic carbocycles. The summed E-state index contributed by atoms with van der Waals surface area (Å²) >= 11 is 0. The standard InChI is InChI=1S/C15H25N5O/c1-18(2)6-7-19-8-10-20(11-9-19)14-12(15(17)21)4-3-5-13(14)16/h3-5H,6-11,16H2,1-2H3,(H2,17,21). The first-order valence-electron chi connectivity index (χ1n) is 7.29. The fourth-order valence-electron chi connectivity index (χ4n) is 2.65. The van der Waals surface area contributed by atoms with Crippen molar-refractivity contribution in [2.45, 2.75) is 0 Å². The van der Waals surface area contributed by atoms with Crippen molar-refractivity contribution in [1.82, 2.24) is 9.80 Å². The van der Waals surface area contributed by atoms with Gasteiger partial charge in [0, 0.05) is 39.3 Å². The maximum Gasteiger partial charge on any atom is 0.250 e. The van der Waals surface area contributed by atoms with E-state index in [1.165, 1.54) is 0 Å². The maximum atomic E-state index is 11.6. The molecule has 21 heavy (non-hydrogen) atoms. The van der Waals surface area contributed by atoms with Crippen LogP contribution in [0.3, 0.4) is 0 Å². The van der Waals surface area contributed by atoms with E-state index < -0.39 is 5.91 Å². The first-order chi connectivity index (χ1) is 9.99. The number of nitrogens with zero attached hydrogens (tertiary/aromatic N) is 3. The van der Waals surface area contributed by atoms with Gasteiger partial charge in [-0.15, -0.1) is 0 Å². The van der Waals surface area contributed by atoms with Crippen molar-refractivity contribution in [2.24, 2.45) is 5.73 Å². The number of piperazine rings is 1. The predicted molar refractivity (Wildman–Crippen MR) is 86.6 cm³/mol. The van der Waals surface area contributed by atoms with E-state index in [0.717, 1.165) is 45.0 Å². The zero-order chi connectivity index (χ0) is 15.4. The van der Waals surface area contributed by atoms with Crippen LogP contribution in [0.4, 0.5) is 11.4 Å². The van der Waals surface area contributed by atoms with E-state index in [9.17, 15) is 4.79 Å². The van der Waals surface area contributed by atoms with Crippen LogP contribution in [-0.2, 0) is 0 Å². The molecule has 1 fully saturated rings. The van der Waals surface area contributed by atoms with Gasteiger partial charge < -0.3 is 21.3 Å². The van der Waals surface area contributed by atoms with Crippen LogP contribution in [0.15, 0.2) is 18.2 Å². The van der Waals surface area contributed by atoms with Crippen molar-refractivity contribution in [3.8, 4) is 0 Å². The average molecular weight is 291 g/mol. The smallest absolute Gasteiger partial charge is 0.250 e. The zero-order valence-electron chi connectivity index (χ0n) is 12.9. The Kier molecular flexibility index (Phi) is 5.03.